The minimum atomic E-state index is -0.611. The molecular formula is C33H41N7O3. The topological polar surface area (TPSA) is 121 Å². The maximum atomic E-state index is 13.0. The zero-order valence-electron chi connectivity index (χ0n) is 25.4. The fraction of sp³-hybridized carbons (Fsp3) is 0.515. The number of anilines is 2. The number of amides is 1. The summed E-state index contributed by atoms with van der Waals surface area (Å²) >= 11 is 0. The van der Waals surface area contributed by atoms with Gasteiger partial charge in [-0.25, -0.2) is 4.79 Å². The molecule has 10 nitrogen and oxygen atoms in total. The molecule has 0 bridgehead atoms. The number of nitriles is 1. The Kier molecular flexibility index (Phi) is 7.77. The second kappa shape index (κ2) is 11.5. The van der Waals surface area contributed by atoms with E-state index in [1.165, 1.54) is 16.5 Å². The molecule has 2 aromatic carbocycles. The molecule has 0 unspecified atom stereocenters. The van der Waals surface area contributed by atoms with Gasteiger partial charge in [0, 0.05) is 49.4 Å². The number of aromatic nitrogens is 2. The van der Waals surface area contributed by atoms with Crippen molar-refractivity contribution in [3.8, 4) is 12.1 Å². The normalized spacial score (nSPS) is 19.8. The fourth-order valence-electron chi connectivity index (χ4n) is 6.39. The molecule has 2 N–H and O–H groups in total. The average Bonchev–Trinajstić information content (AvgIpc) is 2.97. The molecule has 0 spiro atoms. The summed E-state index contributed by atoms with van der Waals surface area (Å²) in [6, 6.07) is 17.2. The van der Waals surface area contributed by atoms with Gasteiger partial charge in [-0.2, -0.15) is 15.2 Å². The lowest BCUT2D eigenvalue weighted by atomic mass is 9.80. The monoisotopic (exact) mass is 583 g/mol. The van der Waals surface area contributed by atoms with Gasteiger partial charge in [-0.3, -0.25) is 0 Å². The molecule has 3 aromatic rings. The van der Waals surface area contributed by atoms with Crippen molar-refractivity contribution in [1.82, 2.24) is 14.9 Å². The maximum Gasteiger partial charge on any atom is 0.410 e. The number of piperazine rings is 1. The van der Waals surface area contributed by atoms with E-state index in [0.29, 0.717) is 38.7 Å². The minimum Gasteiger partial charge on any atom is -0.455 e. The first-order valence-corrected chi connectivity index (χ1v) is 15.3. The molecule has 43 heavy (non-hydrogen) atoms. The lowest BCUT2D eigenvalue weighted by Crippen LogP contribution is -2.56. The number of rotatable bonds is 6. The molecule has 2 aliphatic heterocycles. The number of carbonyl (C=O) groups is 1. The van der Waals surface area contributed by atoms with Gasteiger partial charge >= 0.3 is 12.1 Å². The molecule has 6 rings (SSSR count). The maximum absolute atomic E-state index is 13.0. The summed E-state index contributed by atoms with van der Waals surface area (Å²) in [6.45, 7) is 8.92. The van der Waals surface area contributed by atoms with Crippen LogP contribution in [0.4, 0.5) is 16.3 Å². The quantitative estimate of drug-likeness (QED) is 0.436. The van der Waals surface area contributed by atoms with Gasteiger partial charge in [-0.1, -0.05) is 36.4 Å². The highest BCUT2D eigenvalue weighted by molar-refractivity contribution is 5.94. The number of hydrogen-bond donors (Lipinski definition) is 1. The lowest BCUT2D eigenvalue weighted by molar-refractivity contribution is -0.00669. The number of ether oxygens (including phenoxy) is 2. The van der Waals surface area contributed by atoms with Crippen LogP contribution in [0.1, 0.15) is 57.7 Å². The summed E-state index contributed by atoms with van der Waals surface area (Å²) in [5.74, 6) is 0.829. The van der Waals surface area contributed by atoms with E-state index in [1.807, 2.05) is 20.8 Å². The summed E-state index contributed by atoms with van der Waals surface area (Å²) in [6.07, 6.45) is 3.44. The molecule has 1 atom stereocenters. The molecule has 0 radical (unpaired) electrons. The Morgan fingerprint density at radius 1 is 1.09 bits per heavy atom. The van der Waals surface area contributed by atoms with Gasteiger partial charge in [-0.05, 0) is 57.9 Å². The average molecular weight is 584 g/mol. The van der Waals surface area contributed by atoms with E-state index in [9.17, 15) is 10.1 Å². The third-order valence-corrected chi connectivity index (χ3v) is 8.81. The first-order chi connectivity index (χ1) is 20.7. The van der Waals surface area contributed by atoms with Crippen LogP contribution in [0.5, 0.6) is 6.01 Å². The smallest absolute Gasteiger partial charge is 0.410 e. The molecule has 2 fully saturated rings. The van der Waals surface area contributed by atoms with Gasteiger partial charge in [0.15, 0.2) is 0 Å². The lowest BCUT2D eigenvalue weighted by Gasteiger charge is -2.43. The van der Waals surface area contributed by atoms with Crippen molar-refractivity contribution in [1.29, 1.82) is 5.26 Å². The number of fused-ring (bicyclic) bond motifs is 2. The number of hydrogen-bond acceptors (Lipinski definition) is 9. The molecule has 1 saturated carbocycles. The molecule has 1 amide bonds. The summed E-state index contributed by atoms with van der Waals surface area (Å²) in [7, 11) is 0. The number of nitrogens with two attached hydrogens (primary N) is 1. The Labute approximate surface area is 253 Å². The van der Waals surface area contributed by atoms with Gasteiger partial charge in [0.25, 0.3) is 0 Å². The van der Waals surface area contributed by atoms with E-state index in [4.69, 9.17) is 25.2 Å². The summed E-state index contributed by atoms with van der Waals surface area (Å²) in [5.41, 5.74) is 8.34. The van der Waals surface area contributed by atoms with Crippen LogP contribution in [0, 0.1) is 11.3 Å². The Morgan fingerprint density at radius 3 is 2.60 bits per heavy atom. The van der Waals surface area contributed by atoms with Crippen LogP contribution < -0.4 is 20.3 Å². The fourth-order valence-corrected chi connectivity index (χ4v) is 6.39. The Balaban J connectivity index is 1.33. The standard InChI is InChI=1S/C33H41N7O3/c1-32(2,3)43-31(41)40-19-18-39(20-24(40)12-16-34)29-26-13-17-38(28-11-6-9-23-8-4-5-10-25(23)28)21-27(26)36-30(37-29)42-33(22-35)14-7-15-33/h4-6,8-11,24H,7,12-15,17-22,35H2,1-3H3/t24-/m0/s1. The van der Waals surface area contributed by atoms with E-state index in [2.05, 4.69) is 58.3 Å². The molecule has 226 valence electrons. The van der Waals surface area contributed by atoms with Crippen LogP contribution in [0.15, 0.2) is 42.5 Å². The first kappa shape index (κ1) is 29.0. The SMILES string of the molecule is CC(C)(C)OC(=O)N1CCN(c2nc(OC3(CN)CCC3)nc3c2CCN(c2cccc4ccccc24)C3)C[C@@H]1CC#N. The molecular weight excluding hydrogens is 542 g/mol. The van der Waals surface area contributed by atoms with Crippen LogP contribution in [-0.2, 0) is 17.7 Å². The van der Waals surface area contributed by atoms with E-state index in [1.54, 1.807) is 4.90 Å². The molecule has 1 aliphatic carbocycles. The third-order valence-electron chi connectivity index (χ3n) is 8.81. The molecule has 1 saturated heterocycles. The molecule has 10 heteroatoms. The van der Waals surface area contributed by atoms with Crippen LogP contribution in [-0.4, -0.2) is 70.9 Å². The summed E-state index contributed by atoms with van der Waals surface area (Å²) in [4.78, 5) is 29.3. The van der Waals surface area contributed by atoms with Gasteiger partial charge in [0.05, 0.1) is 30.8 Å². The number of benzene rings is 2. The Morgan fingerprint density at radius 2 is 1.88 bits per heavy atom. The van der Waals surface area contributed by atoms with Crippen molar-refractivity contribution in [2.45, 2.75) is 76.7 Å². The zero-order valence-corrected chi connectivity index (χ0v) is 25.4. The van der Waals surface area contributed by atoms with Crippen LogP contribution in [0.25, 0.3) is 10.8 Å². The number of carbonyl (C=O) groups excluding carboxylic acids is 1. The second-order valence-electron chi connectivity index (χ2n) is 12.9. The van der Waals surface area contributed by atoms with E-state index in [-0.39, 0.29) is 18.6 Å². The molecule has 1 aromatic heterocycles. The third kappa shape index (κ3) is 5.91. The van der Waals surface area contributed by atoms with E-state index < -0.39 is 11.2 Å². The van der Waals surface area contributed by atoms with Crippen molar-refractivity contribution < 1.29 is 14.3 Å². The predicted molar refractivity (Wildman–Crippen MR) is 166 cm³/mol. The highest BCUT2D eigenvalue weighted by Crippen LogP contribution is 2.38. The van der Waals surface area contributed by atoms with Gasteiger partial charge < -0.3 is 29.9 Å². The summed E-state index contributed by atoms with van der Waals surface area (Å²) < 4.78 is 12.1. The first-order valence-electron chi connectivity index (χ1n) is 15.3. The highest BCUT2D eigenvalue weighted by atomic mass is 16.6. The van der Waals surface area contributed by atoms with Gasteiger partial charge in [0.2, 0.25) is 0 Å². The van der Waals surface area contributed by atoms with Crippen LogP contribution >= 0.6 is 0 Å². The van der Waals surface area contributed by atoms with Crippen molar-refractivity contribution in [3.05, 3.63) is 53.7 Å². The number of nitrogens with zero attached hydrogens (tertiary/aromatic N) is 6. The van der Waals surface area contributed by atoms with Crippen LogP contribution in [0.3, 0.4) is 0 Å². The van der Waals surface area contributed by atoms with Crippen molar-refractivity contribution in [2.24, 2.45) is 5.73 Å². The van der Waals surface area contributed by atoms with E-state index >= 15 is 0 Å². The molecule has 3 heterocycles. The predicted octanol–water partition coefficient (Wildman–Crippen LogP) is 4.79. The molecule has 3 aliphatic rings. The zero-order chi connectivity index (χ0) is 30.2. The van der Waals surface area contributed by atoms with Crippen molar-refractivity contribution in [2.75, 3.05) is 42.5 Å². The highest BCUT2D eigenvalue weighted by Gasteiger charge is 2.40. The van der Waals surface area contributed by atoms with Crippen LogP contribution in [0.2, 0.25) is 0 Å². The summed E-state index contributed by atoms with van der Waals surface area (Å²) in [5, 5.41) is 12.1. The van der Waals surface area contributed by atoms with E-state index in [0.717, 1.165) is 49.3 Å². The van der Waals surface area contributed by atoms with Crippen molar-refractivity contribution in [3.63, 3.8) is 0 Å². The Bertz CT molecular complexity index is 1530. The van der Waals surface area contributed by atoms with Gasteiger partial charge in [0.1, 0.15) is 17.0 Å². The minimum absolute atomic E-state index is 0.206. The Hall–Kier alpha value is -4.10. The van der Waals surface area contributed by atoms with Crippen molar-refractivity contribution >= 4 is 28.4 Å². The largest absolute Gasteiger partial charge is 0.455 e. The second-order valence-corrected chi connectivity index (χ2v) is 12.9. The van der Waals surface area contributed by atoms with Gasteiger partial charge in [-0.15, -0.1) is 0 Å².